The highest BCUT2D eigenvalue weighted by Crippen LogP contribution is 2.27. The van der Waals surface area contributed by atoms with E-state index in [2.05, 4.69) is 21.3 Å². The summed E-state index contributed by atoms with van der Waals surface area (Å²) >= 11 is 3.28. The molecule has 3 aromatic rings. The van der Waals surface area contributed by atoms with E-state index in [1.54, 1.807) is 30.2 Å². The minimum absolute atomic E-state index is 0.0351. The van der Waals surface area contributed by atoms with E-state index >= 15 is 0 Å². The second kappa shape index (κ2) is 9.91. The number of amides is 1. The number of benzene rings is 2. The molecule has 0 bridgehead atoms. The lowest BCUT2D eigenvalue weighted by Gasteiger charge is -2.26. The zero-order valence-electron chi connectivity index (χ0n) is 16.3. The number of nitrogens with one attached hydrogen (secondary N) is 1. The quantitative estimate of drug-likeness (QED) is 0.573. The first kappa shape index (κ1) is 20.6. The number of likely N-dealkylation sites (N-methyl/N-ethyl adjacent to an activating group) is 1. The highest BCUT2D eigenvalue weighted by molar-refractivity contribution is 7.99. The number of rotatable bonds is 9. The number of thioether (sulfide) groups is 1. The molecule has 2 aromatic carbocycles. The minimum Gasteiger partial charge on any atom is -0.496 e. The van der Waals surface area contributed by atoms with E-state index in [-0.39, 0.29) is 11.9 Å². The summed E-state index contributed by atoms with van der Waals surface area (Å²) in [5.41, 5.74) is 2.09. The number of nitrogens with zero attached hydrogens (tertiary/aromatic N) is 2. The second-order valence-corrected chi connectivity index (χ2v) is 8.69. The number of fused-ring (bicyclic) bond motifs is 1. The van der Waals surface area contributed by atoms with Gasteiger partial charge in [0.15, 0.2) is 0 Å². The Morgan fingerprint density at radius 3 is 2.71 bits per heavy atom. The van der Waals surface area contributed by atoms with Crippen LogP contribution in [0, 0.1) is 0 Å². The molecular formula is C21H25N3O2S2. The molecule has 0 aliphatic heterocycles. The number of para-hydroxylation sites is 2. The number of aromatic nitrogens is 1. The normalized spacial score (nSPS) is 12.3. The first-order valence-electron chi connectivity index (χ1n) is 9.06. The van der Waals surface area contributed by atoms with Gasteiger partial charge in [-0.3, -0.25) is 4.79 Å². The highest BCUT2D eigenvalue weighted by atomic mass is 32.2. The summed E-state index contributed by atoms with van der Waals surface area (Å²) in [6.07, 6.45) is 0. The van der Waals surface area contributed by atoms with E-state index in [1.165, 1.54) is 4.70 Å². The SMILES string of the molecule is COc1ccccc1C(CNC(=O)CSCc1nc2ccccc2s1)N(C)C. The average Bonchev–Trinajstić information content (AvgIpc) is 3.11. The Hall–Kier alpha value is -2.09. The Labute approximate surface area is 174 Å². The van der Waals surface area contributed by atoms with E-state index < -0.39 is 0 Å². The van der Waals surface area contributed by atoms with Gasteiger partial charge in [0.1, 0.15) is 10.8 Å². The Morgan fingerprint density at radius 2 is 1.96 bits per heavy atom. The molecule has 0 saturated heterocycles. The predicted octanol–water partition coefficient (Wildman–Crippen LogP) is 3.96. The van der Waals surface area contributed by atoms with Gasteiger partial charge in [0.25, 0.3) is 0 Å². The van der Waals surface area contributed by atoms with Gasteiger partial charge in [-0.25, -0.2) is 4.98 Å². The molecule has 0 saturated carbocycles. The van der Waals surface area contributed by atoms with Crippen LogP contribution < -0.4 is 10.1 Å². The van der Waals surface area contributed by atoms with Gasteiger partial charge < -0.3 is 15.0 Å². The number of carbonyl (C=O) groups is 1. The predicted molar refractivity (Wildman–Crippen MR) is 118 cm³/mol. The van der Waals surface area contributed by atoms with Crippen LogP contribution in [0.4, 0.5) is 0 Å². The van der Waals surface area contributed by atoms with Crippen LogP contribution in [0.2, 0.25) is 0 Å². The van der Waals surface area contributed by atoms with Crippen molar-refractivity contribution < 1.29 is 9.53 Å². The molecule has 0 spiro atoms. The maximum absolute atomic E-state index is 12.3. The third-order valence-electron chi connectivity index (χ3n) is 4.41. The number of thiazole rings is 1. The molecule has 3 rings (SSSR count). The Morgan fingerprint density at radius 1 is 1.21 bits per heavy atom. The van der Waals surface area contributed by atoms with Gasteiger partial charge in [0, 0.05) is 17.9 Å². The van der Waals surface area contributed by atoms with Crippen LogP contribution in [0.25, 0.3) is 10.2 Å². The van der Waals surface area contributed by atoms with Crippen molar-refractivity contribution in [1.29, 1.82) is 0 Å². The van der Waals surface area contributed by atoms with E-state index in [0.717, 1.165) is 27.6 Å². The van der Waals surface area contributed by atoms with Crippen molar-refractivity contribution in [2.45, 2.75) is 11.8 Å². The monoisotopic (exact) mass is 415 g/mol. The van der Waals surface area contributed by atoms with Gasteiger partial charge in [-0.2, -0.15) is 0 Å². The van der Waals surface area contributed by atoms with Crippen molar-refractivity contribution in [3.63, 3.8) is 0 Å². The first-order valence-corrected chi connectivity index (χ1v) is 11.0. The molecule has 148 valence electrons. The first-order chi connectivity index (χ1) is 13.6. The summed E-state index contributed by atoms with van der Waals surface area (Å²) < 4.78 is 6.66. The third-order valence-corrected chi connectivity index (χ3v) is 6.57. The number of hydrogen-bond donors (Lipinski definition) is 1. The second-order valence-electron chi connectivity index (χ2n) is 6.59. The molecule has 1 N–H and O–H groups in total. The average molecular weight is 416 g/mol. The Kier molecular flexibility index (Phi) is 7.30. The van der Waals surface area contributed by atoms with Crippen molar-refractivity contribution >= 4 is 39.2 Å². The molecule has 0 aliphatic carbocycles. The zero-order chi connectivity index (χ0) is 19.9. The molecule has 0 fully saturated rings. The van der Waals surface area contributed by atoms with E-state index in [1.807, 2.05) is 56.6 Å². The Bertz CT molecular complexity index is 894. The standard InChI is InChI=1S/C21H25N3O2S2/c1-24(2)17(15-8-4-6-10-18(15)26-3)12-22-20(25)13-27-14-21-23-16-9-5-7-11-19(16)28-21/h4-11,17H,12-14H2,1-3H3,(H,22,25). The minimum atomic E-state index is 0.0351. The van der Waals surface area contributed by atoms with Crippen molar-refractivity contribution in [1.82, 2.24) is 15.2 Å². The molecule has 0 radical (unpaired) electrons. The molecule has 1 amide bonds. The van der Waals surface area contributed by atoms with Crippen LogP contribution in [0.3, 0.4) is 0 Å². The highest BCUT2D eigenvalue weighted by Gasteiger charge is 2.19. The number of carbonyl (C=O) groups excluding carboxylic acids is 1. The fourth-order valence-corrected chi connectivity index (χ4v) is 4.86. The molecular weight excluding hydrogens is 390 g/mol. The van der Waals surface area contributed by atoms with E-state index in [4.69, 9.17) is 4.74 Å². The maximum Gasteiger partial charge on any atom is 0.230 e. The lowest BCUT2D eigenvalue weighted by Crippen LogP contribution is -2.35. The number of hydrogen-bond acceptors (Lipinski definition) is 6. The van der Waals surface area contributed by atoms with Crippen molar-refractivity contribution in [2.24, 2.45) is 0 Å². The van der Waals surface area contributed by atoms with Gasteiger partial charge in [-0.1, -0.05) is 30.3 Å². The molecule has 0 aliphatic rings. The van der Waals surface area contributed by atoms with Crippen LogP contribution in [0.15, 0.2) is 48.5 Å². The molecule has 1 unspecified atom stereocenters. The Balaban J connectivity index is 1.50. The number of ether oxygens (including phenoxy) is 1. The fraction of sp³-hybridized carbons (Fsp3) is 0.333. The van der Waals surface area contributed by atoms with E-state index in [9.17, 15) is 4.79 Å². The lowest BCUT2D eigenvalue weighted by molar-refractivity contribution is -0.118. The smallest absolute Gasteiger partial charge is 0.230 e. The van der Waals surface area contributed by atoms with Gasteiger partial charge >= 0.3 is 0 Å². The fourth-order valence-electron chi connectivity index (χ4n) is 2.99. The van der Waals surface area contributed by atoms with E-state index in [0.29, 0.717) is 12.3 Å². The molecule has 7 heteroatoms. The molecule has 5 nitrogen and oxygen atoms in total. The van der Waals surface area contributed by atoms with Gasteiger partial charge in [0.2, 0.25) is 5.91 Å². The van der Waals surface area contributed by atoms with Crippen LogP contribution in [0.5, 0.6) is 5.75 Å². The summed E-state index contributed by atoms with van der Waals surface area (Å²) in [6, 6.07) is 16.1. The summed E-state index contributed by atoms with van der Waals surface area (Å²) in [5, 5.41) is 4.11. The zero-order valence-corrected chi connectivity index (χ0v) is 18.0. The maximum atomic E-state index is 12.3. The molecule has 1 heterocycles. The summed E-state index contributed by atoms with van der Waals surface area (Å²) in [7, 11) is 5.68. The lowest BCUT2D eigenvalue weighted by atomic mass is 10.0. The van der Waals surface area contributed by atoms with Crippen molar-refractivity contribution in [2.75, 3.05) is 33.5 Å². The van der Waals surface area contributed by atoms with Crippen LogP contribution in [-0.4, -0.2) is 49.3 Å². The van der Waals surface area contributed by atoms with Crippen LogP contribution >= 0.6 is 23.1 Å². The summed E-state index contributed by atoms with van der Waals surface area (Å²) in [5.74, 6) is 2.03. The van der Waals surface area contributed by atoms with Crippen molar-refractivity contribution in [3.8, 4) is 5.75 Å². The summed E-state index contributed by atoms with van der Waals surface area (Å²) in [6.45, 7) is 0.536. The van der Waals surface area contributed by atoms with Gasteiger partial charge in [0.05, 0.1) is 29.1 Å². The van der Waals surface area contributed by atoms with Crippen molar-refractivity contribution in [3.05, 3.63) is 59.1 Å². The topological polar surface area (TPSA) is 54.5 Å². The summed E-state index contributed by atoms with van der Waals surface area (Å²) in [4.78, 5) is 19.0. The molecule has 28 heavy (non-hydrogen) atoms. The number of methoxy groups -OCH3 is 1. The largest absolute Gasteiger partial charge is 0.496 e. The molecule has 1 atom stereocenters. The van der Waals surface area contributed by atoms with Crippen LogP contribution in [0.1, 0.15) is 16.6 Å². The third kappa shape index (κ3) is 5.25. The van der Waals surface area contributed by atoms with Gasteiger partial charge in [-0.05, 0) is 32.3 Å². The van der Waals surface area contributed by atoms with Crippen LogP contribution in [-0.2, 0) is 10.5 Å². The van der Waals surface area contributed by atoms with Gasteiger partial charge in [-0.15, -0.1) is 23.1 Å². The molecule has 1 aromatic heterocycles.